The minimum atomic E-state index is -0.594. The van der Waals surface area contributed by atoms with E-state index in [0.29, 0.717) is 17.3 Å². The molecule has 1 heterocycles. The fourth-order valence-corrected chi connectivity index (χ4v) is 1.86. The molecular formula is C15H18ClNO3. The first-order valence-electron chi connectivity index (χ1n) is 6.48. The molecule has 2 unspecified atom stereocenters. The van der Waals surface area contributed by atoms with E-state index < -0.39 is 6.10 Å². The monoisotopic (exact) mass is 295 g/mol. The van der Waals surface area contributed by atoms with Crippen LogP contribution in [0.4, 0.5) is 0 Å². The number of aliphatic hydroxyl groups excluding tert-OH is 1. The zero-order valence-electron chi connectivity index (χ0n) is 11.3. The number of halogens is 1. The summed E-state index contributed by atoms with van der Waals surface area (Å²) in [5.41, 5.74) is 0. The fraction of sp³-hybridized carbons (Fsp3) is 0.333. The molecule has 0 fully saturated rings. The standard InChI is InChI=1S/C15H18ClNO3/c1-11(15-3-2-8-19-15)17-9-13(18)10-20-14-6-4-12(16)5-7-14/h2-8,11,13,17-18H,9-10H2,1H3. The highest BCUT2D eigenvalue weighted by atomic mass is 35.5. The van der Waals surface area contributed by atoms with Gasteiger partial charge in [-0.15, -0.1) is 0 Å². The van der Waals surface area contributed by atoms with Gasteiger partial charge in [0.15, 0.2) is 0 Å². The van der Waals surface area contributed by atoms with Crippen LogP contribution in [0.3, 0.4) is 0 Å². The molecule has 0 aliphatic carbocycles. The molecule has 0 aliphatic heterocycles. The molecule has 5 heteroatoms. The first kappa shape index (κ1) is 14.9. The Balaban J connectivity index is 1.70. The van der Waals surface area contributed by atoms with Crippen molar-refractivity contribution in [2.45, 2.75) is 19.1 Å². The van der Waals surface area contributed by atoms with E-state index in [1.807, 2.05) is 19.1 Å². The molecule has 0 amide bonds. The molecule has 108 valence electrons. The number of ether oxygens (including phenoxy) is 1. The molecule has 2 atom stereocenters. The summed E-state index contributed by atoms with van der Waals surface area (Å²) < 4.78 is 10.8. The topological polar surface area (TPSA) is 54.6 Å². The first-order valence-corrected chi connectivity index (χ1v) is 6.86. The number of furan rings is 1. The number of benzene rings is 1. The minimum Gasteiger partial charge on any atom is -0.491 e. The Morgan fingerprint density at radius 2 is 2.05 bits per heavy atom. The van der Waals surface area contributed by atoms with Gasteiger partial charge in [0, 0.05) is 11.6 Å². The van der Waals surface area contributed by atoms with Crippen molar-refractivity contribution in [2.24, 2.45) is 0 Å². The maximum Gasteiger partial charge on any atom is 0.120 e. The second kappa shape index (κ2) is 7.33. The lowest BCUT2D eigenvalue weighted by molar-refractivity contribution is 0.103. The number of hydrogen-bond acceptors (Lipinski definition) is 4. The van der Waals surface area contributed by atoms with Crippen LogP contribution < -0.4 is 10.1 Å². The molecule has 20 heavy (non-hydrogen) atoms. The summed E-state index contributed by atoms with van der Waals surface area (Å²) in [4.78, 5) is 0. The Hall–Kier alpha value is -1.49. The molecular weight excluding hydrogens is 278 g/mol. The summed E-state index contributed by atoms with van der Waals surface area (Å²) >= 11 is 5.78. The normalized spacial score (nSPS) is 13.9. The van der Waals surface area contributed by atoms with Crippen molar-refractivity contribution in [2.75, 3.05) is 13.2 Å². The van der Waals surface area contributed by atoms with Crippen LogP contribution in [0.25, 0.3) is 0 Å². The van der Waals surface area contributed by atoms with Crippen LogP contribution in [0, 0.1) is 0 Å². The Labute approximate surface area is 123 Å². The van der Waals surface area contributed by atoms with Crippen molar-refractivity contribution in [1.29, 1.82) is 0 Å². The van der Waals surface area contributed by atoms with E-state index in [1.54, 1.807) is 30.5 Å². The molecule has 0 aliphatic rings. The lowest BCUT2D eigenvalue weighted by atomic mass is 10.2. The fourth-order valence-electron chi connectivity index (χ4n) is 1.73. The summed E-state index contributed by atoms with van der Waals surface area (Å²) in [6, 6.07) is 10.8. The second-order valence-electron chi connectivity index (χ2n) is 4.56. The van der Waals surface area contributed by atoms with Crippen LogP contribution in [0.1, 0.15) is 18.7 Å². The summed E-state index contributed by atoms with van der Waals surface area (Å²) in [5.74, 6) is 1.53. The van der Waals surface area contributed by atoms with Gasteiger partial charge in [-0.2, -0.15) is 0 Å². The zero-order valence-corrected chi connectivity index (χ0v) is 12.0. The first-order chi connectivity index (χ1) is 9.65. The largest absolute Gasteiger partial charge is 0.491 e. The van der Waals surface area contributed by atoms with Gasteiger partial charge >= 0.3 is 0 Å². The molecule has 0 saturated carbocycles. The van der Waals surface area contributed by atoms with Crippen molar-refractivity contribution in [3.63, 3.8) is 0 Å². The number of nitrogens with one attached hydrogen (secondary N) is 1. The van der Waals surface area contributed by atoms with E-state index in [4.69, 9.17) is 20.8 Å². The predicted molar refractivity (Wildman–Crippen MR) is 78.1 cm³/mol. The highest BCUT2D eigenvalue weighted by Gasteiger charge is 2.11. The van der Waals surface area contributed by atoms with Gasteiger partial charge in [-0.1, -0.05) is 11.6 Å². The van der Waals surface area contributed by atoms with Gasteiger partial charge in [-0.25, -0.2) is 0 Å². The van der Waals surface area contributed by atoms with Crippen molar-refractivity contribution in [1.82, 2.24) is 5.32 Å². The van der Waals surface area contributed by atoms with Crippen molar-refractivity contribution in [3.05, 3.63) is 53.4 Å². The number of aliphatic hydroxyl groups is 1. The van der Waals surface area contributed by atoms with E-state index in [2.05, 4.69) is 5.32 Å². The highest BCUT2D eigenvalue weighted by Crippen LogP contribution is 2.16. The summed E-state index contributed by atoms with van der Waals surface area (Å²) in [7, 11) is 0. The molecule has 0 radical (unpaired) electrons. The molecule has 0 bridgehead atoms. The second-order valence-corrected chi connectivity index (χ2v) is 5.00. The van der Waals surface area contributed by atoms with Gasteiger partial charge in [-0.3, -0.25) is 0 Å². The Morgan fingerprint density at radius 1 is 1.30 bits per heavy atom. The van der Waals surface area contributed by atoms with Crippen LogP contribution in [0.15, 0.2) is 47.1 Å². The average molecular weight is 296 g/mol. The third kappa shape index (κ3) is 4.56. The molecule has 2 N–H and O–H groups in total. The lowest BCUT2D eigenvalue weighted by Gasteiger charge is -2.16. The summed E-state index contributed by atoms with van der Waals surface area (Å²) in [5, 5.41) is 13.7. The van der Waals surface area contributed by atoms with Gasteiger partial charge in [0.2, 0.25) is 0 Å². The van der Waals surface area contributed by atoms with Crippen molar-refractivity contribution < 1.29 is 14.3 Å². The quantitative estimate of drug-likeness (QED) is 0.824. The minimum absolute atomic E-state index is 0.0511. The smallest absolute Gasteiger partial charge is 0.120 e. The average Bonchev–Trinajstić information content (AvgIpc) is 2.98. The third-order valence-electron chi connectivity index (χ3n) is 2.89. The Bertz CT molecular complexity index is 498. The summed E-state index contributed by atoms with van der Waals surface area (Å²) in [6.45, 7) is 2.63. The Kier molecular flexibility index (Phi) is 5.47. The van der Waals surface area contributed by atoms with Crippen LogP contribution in [-0.4, -0.2) is 24.4 Å². The van der Waals surface area contributed by atoms with Crippen LogP contribution in [-0.2, 0) is 0 Å². The highest BCUT2D eigenvalue weighted by molar-refractivity contribution is 6.30. The summed E-state index contributed by atoms with van der Waals surface area (Å²) in [6.07, 6.45) is 1.04. The van der Waals surface area contributed by atoms with Gasteiger partial charge in [0.05, 0.1) is 12.3 Å². The molecule has 1 aromatic carbocycles. The SMILES string of the molecule is CC(NCC(O)COc1ccc(Cl)cc1)c1ccco1. The van der Waals surface area contributed by atoms with Gasteiger partial charge in [-0.05, 0) is 43.3 Å². The lowest BCUT2D eigenvalue weighted by Crippen LogP contribution is -2.32. The van der Waals surface area contributed by atoms with E-state index >= 15 is 0 Å². The molecule has 4 nitrogen and oxygen atoms in total. The molecule has 2 rings (SSSR count). The number of hydrogen-bond donors (Lipinski definition) is 2. The Morgan fingerprint density at radius 3 is 2.70 bits per heavy atom. The van der Waals surface area contributed by atoms with Gasteiger partial charge in [0.1, 0.15) is 24.2 Å². The van der Waals surface area contributed by atoms with Gasteiger partial charge < -0.3 is 19.6 Å². The third-order valence-corrected chi connectivity index (χ3v) is 3.14. The molecule has 2 aromatic rings. The van der Waals surface area contributed by atoms with E-state index in [1.165, 1.54) is 0 Å². The maximum absolute atomic E-state index is 9.87. The van der Waals surface area contributed by atoms with E-state index in [9.17, 15) is 5.11 Å². The van der Waals surface area contributed by atoms with Gasteiger partial charge in [0.25, 0.3) is 0 Å². The predicted octanol–water partition coefficient (Wildman–Crippen LogP) is 3.02. The molecule has 1 aromatic heterocycles. The van der Waals surface area contributed by atoms with Crippen molar-refractivity contribution >= 4 is 11.6 Å². The molecule has 0 spiro atoms. The van der Waals surface area contributed by atoms with Crippen molar-refractivity contribution in [3.8, 4) is 5.75 Å². The van der Waals surface area contributed by atoms with E-state index in [-0.39, 0.29) is 12.6 Å². The van der Waals surface area contributed by atoms with E-state index in [0.717, 1.165) is 5.76 Å². The number of rotatable bonds is 7. The maximum atomic E-state index is 9.87. The van der Waals surface area contributed by atoms with Crippen LogP contribution >= 0.6 is 11.6 Å². The van der Waals surface area contributed by atoms with Crippen LogP contribution in [0.2, 0.25) is 5.02 Å². The van der Waals surface area contributed by atoms with Crippen LogP contribution in [0.5, 0.6) is 5.75 Å². The zero-order chi connectivity index (χ0) is 14.4. The molecule has 0 saturated heterocycles.